The molecule has 14 heavy (non-hydrogen) atoms. The highest BCUT2D eigenvalue weighted by molar-refractivity contribution is 7.10. The van der Waals surface area contributed by atoms with Crippen molar-refractivity contribution >= 4 is 22.4 Å². The fraction of sp³-hybridized carbons (Fsp3) is 0.556. The van der Waals surface area contributed by atoms with Gasteiger partial charge in [-0.15, -0.1) is 0 Å². The Morgan fingerprint density at radius 3 is 2.86 bits per heavy atom. The van der Waals surface area contributed by atoms with Crippen LogP contribution in [0.3, 0.4) is 0 Å². The molecule has 0 aliphatic heterocycles. The van der Waals surface area contributed by atoms with Crippen molar-refractivity contribution in [2.24, 2.45) is 0 Å². The number of carbonyl (C=O) groups is 1. The first-order chi connectivity index (χ1) is 6.72. The van der Waals surface area contributed by atoms with Gasteiger partial charge in [0.15, 0.2) is 0 Å². The summed E-state index contributed by atoms with van der Waals surface area (Å²) in [5, 5.41) is 6.79. The van der Waals surface area contributed by atoms with Gasteiger partial charge < -0.3 is 10.6 Å². The second-order valence-corrected chi connectivity index (χ2v) is 4.24. The molecule has 0 unspecified atom stereocenters. The lowest BCUT2D eigenvalue weighted by Crippen LogP contribution is -2.26. The Morgan fingerprint density at radius 1 is 1.57 bits per heavy atom. The van der Waals surface area contributed by atoms with E-state index in [-0.39, 0.29) is 5.91 Å². The average Bonchev–Trinajstić information content (AvgIpc) is 2.87. The van der Waals surface area contributed by atoms with Gasteiger partial charge in [0.2, 0.25) is 0 Å². The second kappa shape index (κ2) is 3.57. The van der Waals surface area contributed by atoms with Gasteiger partial charge in [-0.3, -0.25) is 4.79 Å². The van der Waals surface area contributed by atoms with E-state index in [0.717, 1.165) is 23.5 Å². The molecule has 76 valence electrons. The first-order valence-corrected chi connectivity index (χ1v) is 5.44. The predicted octanol–water partition coefficient (Wildman–Crippen LogP) is 1.39. The van der Waals surface area contributed by atoms with Crippen molar-refractivity contribution in [3.8, 4) is 0 Å². The number of aryl methyl sites for hydroxylation is 1. The van der Waals surface area contributed by atoms with Crippen molar-refractivity contribution in [3.05, 3.63) is 11.3 Å². The molecule has 0 spiro atoms. The molecule has 2 N–H and O–H groups in total. The van der Waals surface area contributed by atoms with Gasteiger partial charge in [0.05, 0.1) is 11.3 Å². The summed E-state index contributed by atoms with van der Waals surface area (Å²) in [6.07, 6.45) is 2.22. The van der Waals surface area contributed by atoms with Gasteiger partial charge >= 0.3 is 0 Å². The molecule has 1 heterocycles. The molecule has 4 nitrogen and oxygen atoms in total. The summed E-state index contributed by atoms with van der Waals surface area (Å²) < 4.78 is 4.15. The van der Waals surface area contributed by atoms with Gasteiger partial charge in [-0.2, -0.15) is 4.37 Å². The van der Waals surface area contributed by atoms with Gasteiger partial charge in [-0.25, -0.2) is 0 Å². The number of hydrogen-bond donors (Lipinski definition) is 2. The highest BCUT2D eigenvalue weighted by atomic mass is 32.1. The summed E-state index contributed by atoms with van der Waals surface area (Å²) in [5.41, 5.74) is 1.50. The fourth-order valence-electron chi connectivity index (χ4n) is 1.29. The highest BCUT2D eigenvalue weighted by Gasteiger charge is 2.26. The maximum atomic E-state index is 11.8. The zero-order valence-corrected chi connectivity index (χ0v) is 9.07. The van der Waals surface area contributed by atoms with Crippen LogP contribution in [0.5, 0.6) is 0 Å². The van der Waals surface area contributed by atoms with Crippen molar-refractivity contribution in [1.29, 1.82) is 0 Å². The SMILES string of the molecule is CNc1snc(C)c1C(=O)NC1CC1. The van der Waals surface area contributed by atoms with Crippen LogP contribution in [0.4, 0.5) is 5.00 Å². The lowest BCUT2D eigenvalue weighted by atomic mass is 10.2. The monoisotopic (exact) mass is 211 g/mol. The summed E-state index contributed by atoms with van der Waals surface area (Å²) in [4.78, 5) is 11.8. The van der Waals surface area contributed by atoms with Crippen LogP contribution in [0.1, 0.15) is 28.9 Å². The molecule has 0 aromatic carbocycles. The summed E-state index contributed by atoms with van der Waals surface area (Å²) >= 11 is 1.33. The smallest absolute Gasteiger partial charge is 0.256 e. The number of hydrogen-bond acceptors (Lipinski definition) is 4. The van der Waals surface area contributed by atoms with Crippen LogP contribution >= 0.6 is 11.5 Å². The zero-order valence-electron chi connectivity index (χ0n) is 8.26. The van der Waals surface area contributed by atoms with Crippen LogP contribution in [0.15, 0.2) is 0 Å². The second-order valence-electron chi connectivity index (χ2n) is 3.47. The minimum Gasteiger partial charge on any atom is -0.378 e. The molecule has 1 amide bonds. The zero-order chi connectivity index (χ0) is 10.1. The highest BCUT2D eigenvalue weighted by Crippen LogP contribution is 2.25. The summed E-state index contributed by atoms with van der Waals surface area (Å²) in [7, 11) is 1.81. The number of nitrogens with zero attached hydrogens (tertiary/aromatic N) is 1. The Labute approximate surface area is 86.9 Å². The third-order valence-electron chi connectivity index (χ3n) is 2.23. The van der Waals surface area contributed by atoms with Crippen molar-refractivity contribution in [2.75, 3.05) is 12.4 Å². The van der Waals surface area contributed by atoms with Crippen molar-refractivity contribution in [2.45, 2.75) is 25.8 Å². The molecular weight excluding hydrogens is 198 g/mol. The molecule has 0 atom stereocenters. The maximum absolute atomic E-state index is 11.8. The lowest BCUT2D eigenvalue weighted by molar-refractivity contribution is 0.0951. The lowest BCUT2D eigenvalue weighted by Gasteiger charge is -2.04. The quantitative estimate of drug-likeness (QED) is 0.794. The van der Waals surface area contributed by atoms with Crippen LogP contribution in [0.2, 0.25) is 0 Å². The minimum atomic E-state index is 0.00287. The van der Waals surface area contributed by atoms with Gasteiger partial charge in [0, 0.05) is 13.1 Å². The Bertz CT molecular complexity index is 357. The molecule has 5 heteroatoms. The molecule has 0 saturated heterocycles. The van der Waals surface area contributed by atoms with Gasteiger partial charge in [-0.1, -0.05) is 0 Å². The van der Waals surface area contributed by atoms with Crippen LogP contribution in [-0.4, -0.2) is 23.4 Å². The van der Waals surface area contributed by atoms with E-state index >= 15 is 0 Å². The van der Waals surface area contributed by atoms with Gasteiger partial charge in [0.1, 0.15) is 5.00 Å². The normalized spacial score (nSPS) is 15.3. The molecule has 1 aliphatic rings. The molecule has 0 radical (unpaired) electrons. The number of rotatable bonds is 3. The van der Waals surface area contributed by atoms with Gasteiger partial charge in [-0.05, 0) is 31.3 Å². The predicted molar refractivity (Wildman–Crippen MR) is 56.9 cm³/mol. The molecular formula is C9H13N3OS. The molecule has 0 bridgehead atoms. The first kappa shape index (κ1) is 9.45. The van der Waals surface area contributed by atoms with Crippen LogP contribution in [-0.2, 0) is 0 Å². The minimum absolute atomic E-state index is 0.00287. The number of amides is 1. The molecule has 1 aliphatic carbocycles. The molecule has 1 aromatic heterocycles. The Morgan fingerprint density at radius 2 is 2.29 bits per heavy atom. The maximum Gasteiger partial charge on any atom is 0.256 e. The number of aromatic nitrogens is 1. The van der Waals surface area contributed by atoms with Crippen LogP contribution in [0, 0.1) is 6.92 Å². The first-order valence-electron chi connectivity index (χ1n) is 4.67. The number of nitrogens with one attached hydrogen (secondary N) is 2. The van der Waals surface area contributed by atoms with Crippen molar-refractivity contribution < 1.29 is 4.79 Å². The van der Waals surface area contributed by atoms with Crippen LogP contribution < -0.4 is 10.6 Å². The van der Waals surface area contributed by atoms with E-state index in [1.54, 1.807) is 7.05 Å². The molecule has 1 aromatic rings. The van der Waals surface area contributed by atoms with Crippen LogP contribution in [0.25, 0.3) is 0 Å². The van der Waals surface area contributed by atoms with Gasteiger partial charge in [0.25, 0.3) is 5.91 Å². The average molecular weight is 211 g/mol. The Hall–Kier alpha value is -1.10. The van der Waals surface area contributed by atoms with E-state index < -0.39 is 0 Å². The van der Waals surface area contributed by atoms with E-state index in [0.29, 0.717) is 11.6 Å². The van der Waals surface area contributed by atoms with E-state index in [1.807, 2.05) is 6.92 Å². The van der Waals surface area contributed by atoms with E-state index in [4.69, 9.17) is 0 Å². The topological polar surface area (TPSA) is 54.0 Å². The fourth-order valence-corrected chi connectivity index (χ4v) is 2.04. The summed E-state index contributed by atoms with van der Waals surface area (Å²) in [5.74, 6) is 0.00287. The molecule has 1 saturated carbocycles. The van der Waals surface area contributed by atoms with Crippen molar-refractivity contribution in [3.63, 3.8) is 0 Å². The number of carbonyl (C=O) groups excluding carboxylic acids is 1. The van der Waals surface area contributed by atoms with E-state index in [9.17, 15) is 4.79 Å². The Balaban J connectivity index is 2.19. The van der Waals surface area contributed by atoms with Crippen molar-refractivity contribution in [1.82, 2.24) is 9.69 Å². The largest absolute Gasteiger partial charge is 0.378 e. The Kier molecular flexibility index (Phi) is 2.41. The number of anilines is 1. The summed E-state index contributed by atoms with van der Waals surface area (Å²) in [6.45, 7) is 1.86. The van der Waals surface area contributed by atoms with E-state index in [1.165, 1.54) is 11.5 Å². The molecule has 1 fully saturated rings. The summed E-state index contributed by atoms with van der Waals surface area (Å²) in [6, 6.07) is 0.395. The standard InChI is InChI=1S/C9H13N3OS/c1-5-7(9(10-2)14-12-5)8(13)11-6-3-4-6/h6,10H,3-4H2,1-2H3,(H,11,13). The third kappa shape index (κ3) is 1.72. The third-order valence-corrected chi connectivity index (χ3v) is 3.19. The molecule has 2 rings (SSSR count). The van der Waals surface area contributed by atoms with E-state index in [2.05, 4.69) is 15.0 Å².